The smallest absolute Gasteiger partial charge is 0.256 e. The van der Waals surface area contributed by atoms with Crippen LogP contribution in [0.4, 0.5) is 0 Å². The number of hydrogen-bond donors (Lipinski definition) is 1. The molecule has 4 nitrogen and oxygen atoms in total. The van der Waals surface area contributed by atoms with E-state index in [-0.39, 0.29) is 11.3 Å². The van der Waals surface area contributed by atoms with E-state index in [4.69, 9.17) is 16.1 Å². The van der Waals surface area contributed by atoms with E-state index < -0.39 is 0 Å². The molecule has 1 aromatic rings. The van der Waals surface area contributed by atoms with Gasteiger partial charge in [-0.3, -0.25) is 4.79 Å². The number of nitrogens with one attached hydrogen (secondary N) is 1. The van der Waals surface area contributed by atoms with Crippen molar-refractivity contribution in [2.45, 2.75) is 32.6 Å². The first kappa shape index (κ1) is 12.4. The minimum Gasteiger partial charge on any atom is -0.361 e. The van der Waals surface area contributed by atoms with Gasteiger partial charge >= 0.3 is 0 Å². The number of aromatic nitrogens is 1. The fourth-order valence-corrected chi connectivity index (χ4v) is 2.72. The molecular formula is C12H17ClN2O2. The second kappa shape index (κ2) is 5.08. The topological polar surface area (TPSA) is 55.1 Å². The van der Waals surface area contributed by atoms with Crippen molar-refractivity contribution in [1.29, 1.82) is 0 Å². The minimum atomic E-state index is -0.125. The molecule has 0 radical (unpaired) electrons. The first-order chi connectivity index (χ1) is 8.17. The molecule has 1 N–H and O–H groups in total. The Hall–Kier alpha value is -1.03. The lowest BCUT2D eigenvalue weighted by Gasteiger charge is -2.26. The van der Waals surface area contributed by atoms with Crippen LogP contribution in [0.1, 0.15) is 41.8 Å². The Morgan fingerprint density at radius 2 is 2.29 bits per heavy atom. The summed E-state index contributed by atoms with van der Waals surface area (Å²) in [4.78, 5) is 11.9. The fraction of sp³-hybridized carbons (Fsp3) is 0.667. The lowest BCUT2D eigenvalue weighted by molar-refractivity contribution is 0.0933. The molecule has 0 atom stereocenters. The van der Waals surface area contributed by atoms with Crippen molar-refractivity contribution in [3.63, 3.8) is 0 Å². The molecule has 0 unspecified atom stereocenters. The summed E-state index contributed by atoms with van der Waals surface area (Å²) in [5, 5.41) is 6.53. The van der Waals surface area contributed by atoms with Gasteiger partial charge in [-0.1, -0.05) is 18.0 Å². The molecule has 94 valence electrons. The quantitative estimate of drug-likeness (QED) is 0.843. The monoisotopic (exact) mass is 256 g/mol. The van der Waals surface area contributed by atoms with E-state index in [2.05, 4.69) is 10.5 Å². The maximum atomic E-state index is 11.9. The van der Waals surface area contributed by atoms with Crippen LogP contribution in [-0.2, 0) is 0 Å². The Morgan fingerprint density at radius 3 is 2.82 bits per heavy atom. The van der Waals surface area contributed by atoms with Crippen LogP contribution in [0.5, 0.6) is 0 Å². The van der Waals surface area contributed by atoms with Crippen molar-refractivity contribution >= 4 is 17.5 Å². The molecule has 1 aromatic heterocycles. The average Bonchev–Trinajstić information content (AvgIpc) is 2.95. The Balaban J connectivity index is 1.94. The average molecular weight is 257 g/mol. The van der Waals surface area contributed by atoms with Gasteiger partial charge in [0.15, 0.2) is 0 Å². The van der Waals surface area contributed by atoms with Crippen molar-refractivity contribution < 1.29 is 9.32 Å². The highest BCUT2D eigenvalue weighted by Gasteiger charge is 2.33. The zero-order valence-corrected chi connectivity index (χ0v) is 10.7. The van der Waals surface area contributed by atoms with E-state index in [1.807, 2.05) is 0 Å². The maximum absolute atomic E-state index is 11.9. The predicted octanol–water partition coefficient (Wildman–Crippen LogP) is 2.51. The first-order valence-corrected chi connectivity index (χ1v) is 6.46. The Labute approximate surface area is 106 Å². The van der Waals surface area contributed by atoms with Gasteiger partial charge in [-0.25, -0.2) is 0 Å². The molecule has 1 heterocycles. The summed E-state index contributed by atoms with van der Waals surface area (Å²) in [6.45, 7) is 2.37. The van der Waals surface area contributed by atoms with E-state index in [9.17, 15) is 4.79 Å². The molecule has 1 aliphatic carbocycles. The standard InChI is InChI=1S/C12H17ClN2O2/c1-9-10(6-15-17-9)11(16)14-8-12(7-13)4-2-3-5-12/h6H,2-5,7-8H2,1H3,(H,14,16). The zero-order valence-electron chi connectivity index (χ0n) is 9.96. The number of carbonyl (C=O) groups is 1. The number of alkyl halides is 1. The van der Waals surface area contributed by atoms with Gasteiger partial charge in [-0.15, -0.1) is 11.6 Å². The molecule has 0 bridgehead atoms. The van der Waals surface area contributed by atoms with Crippen molar-refractivity contribution in [3.8, 4) is 0 Å². The summed E-state index contributed by atoms with van der Waals surface area (Å²) in [5.41, 5.74) is 0.593. The summed E-state index contributed by atoms with van der Waals surface area (Å²) >= 11 is 6.02. The van der Waals surface area contributed by atoms with E-state index in [0.29, 0.717) is 23.7 Å². The SMILES string of the molecule is Cc1oncc1C(=O)NCC1(CCl)CCCC1. The number of aryl methyl sites for hydroxylation is 1. The van der Waals surface area contributed by atoms with Crippen LogP contribution in [0.25, 0.3) is 0 Å². The molecule has 0 spiro atoms. The first-order valence-electron chi connectivity index (χ1n) is 5.92. The molecule has 0 saturated heterocycles. The third-order valence-electron chi connectivity index (χ3n) is 3.57. The number of nitrogens with zero attached hydrogens (tertiary/aromatic N) is 1. The molecule has 0 aliphatic heterocycles. The van der Waals surface area contributed by atoms with Gasteiger partial charge in [0.05, 0.1) is 6.20 Å². The molecule has 1 aliphatic rings. The van der Waals surface area contributed by atoms with Gasteiger partial charge in [-0.2, -0.15) is 0 Å². The van der Waals surface area contributed by atoms with E-state index in [0.717, 1.165) is 12.8 Å². The largest absolute Gasteiger partial charge is 0.361 e. The summed E-state index contributed by atoms with van der Waals surface area (Å²) in [5.74, 6) is 1.03. The van der Waals surface area contributed by atoms with E-state index in [1.165, 1.54) is 19.0 Å². The molecule has 1 fully saturated rings. The lowest BCUT2D eigenvalue weighted by Crippen LogP contribution is -2.37. The highest BCUT2D eigenvalue weighted by molar-refractivity contribution is 6.18. The molecule has 5 heteroatoms. The van der Waals surface area contributed by atoms with Crippen molar-refractivity contribution in [2.75, 3.05) is 12.4 Å². The lowest BCUT2D eigenvalue weighted by atomic mass is 9.88. The number of hydrogen-bond acceptors (Lipinski definition) is 3. The van der Waals surface area contributed by atoms with Crippen LogP contribution in [0.3, 0.4) is 0 Å². The summed E-state index contributed by atoms with van der Waals surface area (Å²) in [6.07, 6.45) is 6.05. The Bertz CT molecular complexity index is 397. The highest BCUT2D eigenvalue weighted by Crippen LogP contribution is 2.38. The van der Waals surface area contributed by atoms with Crippen molar-refractivity contribution in [1.82, 2.24) is 10.5 Å². The molecule has 17 heavy (non-hydrogen) atoms. The molecule has 1 saturated carbocycles. The normalized spacial score (nSPS) is 18.2. The van der Waals surface area contributed by atoms with Gasteiger partial charge in [0, 0.05) is 17.8 Å². The second-order valence-electron chi connectivity index (χ2n) is 4.82. The van der Waals surface area contributed by atoms with Gasteiger partial charge in [0.25, 0.3) is 5.91 Å². The highest BCUT2D eigenvalue weighted by atomic mass is 35.5. The van der Waals surface area contributed by atoms with Crippen LogP contribution < -0.4 is 5.32 Å². The fourth-order valence-electron chi connectivity index (χ4n) is 2.36. The third kappa shape index (κ3) is 2.63. The summed E-state index contributed by atoms with van der Waals surface area (Å²) < 4.78 is 4.87. The minimum absolute atomic E-state index is 0.0856. The van der Waals surface area contributed by atoms with Crippen LogP contribution in [0.15, 0.2) is 10.7 Å². The number of halogens is 1. The van der Waals surface area contributed by atoms with Gasteiger partial charge in [-0.05, 0) is 19.8 Å². The van der Waals surface area contributed by atoms with Crippen molar-refractivity contribution in [3.05, 3.63) is 17.5 Å². The number of amides is 1. The van der Waals surface area contributed by atoms with Gasteiger partial charge in [0.2, 0.25) is 0 Å². The van der Waals surface area contributed by atoms with Crippen LogP contribution in [0.2, 0.25) is 0 Å². The summed E-state index contributed by atoms with van der Waals surface area (Å²) in [6, 6.07) is 0. The van der Waals surface area contributed by atoms with Gasteiger partial charge in [0.1, 0.15) is 11.3 Å². The third-order valence-corrected chi connectivity index (χ3v) is 4.13. The Kier molecular flexibility index (Phi) is 3.72. The predicted molar refractivity (Wildman–Crippen MR) is 65.2 cm³/mol. The van der Waals surface area contributed by atoms with E-state index in [1.54, 1.807) is 6.92 Å². The molecular weight excluding hydrogens is 240 g/mol. The molecule has 0 aromatic carbocycles. The number of rotatable bonds is 4. The van der Waals surface area contributed by atoms with Crippen LogP contribution in [-0.4, -0.2) is 23.5 Å². The Morgan fingerprint density at radius 1 is 1.59 bits per heavy atom. The van der Waals surface area contributed by atoms with Crippen LogP contribution in [0, 0.1) is 12.3 Å². The summed E-state index contributed by atoms with van der Waals surface area (Å²) in [7, 11) is 0. The molecule has 2 rings (SSSR count). The van der Waals surface area contributed by atoms with Gasteiger partial charge < -0.3 is 9.84 Å². The van der Waals surface area contributed by atoms with Crippen molar-refractivity contribution in [2.24, 2.45) is 5.41 Å². The maximum Gasteiger partial charge on any atom is 0.256 e. The number of carbonyl (C=O) groups excluding carboxylic acids is 1. The second-order valence-corrected chi connectivity index (χ2v) is 5.09. The zero-order chi connectivity index (χ0) is 12.3. The van der Waals surface area contributed by atoms with Crippen LogP contribution >= 0.6 is 11.6 Å². The van der Waals surface area contributed by atoms with E-state index >= 15 is 0 Å². The molecule has 1 amide bonds.